The zero-order chi connectivity index (χ0) is 23.8. The van der Waals surface area contributed by atoms with Crippen LogP contribution in [-0.2, 0) is 19.5 Å². The quantitative estimate of drug-likeness (QED) is 0.290. The molecule has 0 fully saturated rings. The third kappa shape index (κ3) is 4.48. The van der Waals surface area contributed by atoms with Crippen LogP contribution in [0.2, 0.25) is 10.0 Å². The number of hydrogen-bond donors (Lipinski definition) is 1. The predicted octanol–water partition coefficient (Wildman–Crippen LogP) is 5.47. The fourth-order valence-corrected chi connectivity index (χ4v) is 4.34. The molecule has 2 aromatic carbocycles. The Morgan fingerprint density at radius 1 is 1.09 bits per heavy atom. The van der Waals surface area contributed by atoms with Gasteiger partial charge in [0.25, 0.3) is 11.2 Å². The summed E-state index contributed by atoms with van der Waals surface area (Å²) in [6.07, 6.45) is 0.621. The number of aromatic nitrogens is 2. The molecule has 0 aliphatic carbocycles. The SMILES string of the molecule is O=c1[nH]c(-c2ccc(Cl)cc2)nc2c1CN(Cc1ccc(-c3ccc(Cl)cc3[N+](=O)[O-])o1)CC2. The first-order valence-electron chi connectivity index (χ1n) is 10.5. The van der Waals surface area contributed by atoms with Crippen LogP contribution in [0.1, 0.15) is 17.0 Å². The van der Waals surface area contributed by atoms with Gasteiger partial charge in [-0.1, -0.05) is 23.2 Å². The molecule has 34 heavy (non-hydrogen) atoms. The minimum absolute atomic E-state index is 0.116. The van der Waals surface area contributed by atoms with Crippen LogP contribution >= 0.6 is 23.2 Å². The van der Waals surface area contributed by atoms with Crippen LogP contribution in [0.3, 0.4) is 0 Å². The fraction of sp³-hybridized carbons (Fsp3) is 0.167. The molecule has 1 N–H and O–H groups in total. The van der Waals surface area contributed by atoms with E-state index in [1.807, 2.05) is 12.1 Å². The van der Waals surface area contributed by atoms with E-state index in [0.717, 1.165) is 11.3 Å². The lowest BCUT2D eigenvalue weighted by Crippen LogP contribution is -2.35. The number of nitro benzene ring substituents is 1. The molecule has 0 atom stereocenters. The Morgan fingerprint density at radius 3 is 2.62 bits per heavy atom. The molecule has 5 rings (SSSR count). The van der Waals surface area contributed by atoms with Crippen molar-refractivity contribution in [2.45, 2.75) is 19.5 Å². The van der Waals surface area contributed by atoms with E-state index in [2.05, 4.69) is 14.9 Å². The van der Waals surface area contributed by atoms with Gasteiger partial charge in [-0.05, 0) is 48.5 Å². The molecule has 172 valence electrons. The van der Waals surface area contributed by atoms with Crippen molar-refractivity contribution in [1.82, 2.24) is 14.9 Å². The number of H-pyrrole nitrogens is 1. The lowest BCUT2D eigenvalue weighted by Gasteiger charge is -2.26. The number of nitrogens with zero attached hydrogens (tertiary/aromatic N) is 3. The van der Waals surface area contributed by atoms with Gasteiger partial charge >= 0.3 is 0 Å². The van der Waals surface area contributed by atoms with Crippen molar-refractivity contribution in [3.63, 3.8) is 0 Å². The van der Waals surface area contributed by atoms with Crippen molar-refractivity contribution in [3.05, 3.63) is 102 Å². The number of hydrogen-bond acceptors (Lipinski definition) is 6. The number of rotatable bonds is 5. The molecule has 1 aliphatic rings. The lowest BCUT2D eigenvalue weighted by atomic mass is 10.1. The molecule has 0 saturated carbocycles. The number of nitrogens with one attached hydrogen (secondary N) is 1. The number of nitro groups is 1. The number of aromatic amines is 1. The monoisotopic (exact) mass is 496 g/mol. The average molecular weight is 497 g/mol. The maximum Gasteiger partial charge on any atom is 0.281 e. The Balaban J connectivity index is 1.34. The van der Waals surface area contributed by atoms with Gasteiger partial charge in [0.15, 0.2) is 0 Å². The van der Waals surface area contributed by atoms with Crippen molar-refractivity contribution in [2.24, 2.45) is 0 Å². The second kappa shape index (κ2) is 9.06. The van der Waals surface area contributed by atoms with E-state index < -0.39 is 4.92 Å². The molecular weight excluding hydrogens is 479 g/mol. The first-order chi connectivity index (χ1) is 16.4. The Kier molecular flexibility index (Phi) is 5.95. The highest BCUT2D eigenvalue weighted by Gasteiger charge is 2.23. The van der Waals surface area contributed by atoms with Crippen LogP contribution < -0.4 is 5.56 Å². The summed E-state index contributed by atoms with van der Waals surface area (Å²) < 4.78 is 5.91. The van der Waals surface area contributed by atoms with Gasteiger partial charge in [-0.25, -0.2) is 4.98 Å². The van der Waals surface area contributed by atoms with Crippen molar-refractivity contribution < 1.29 is 9.34 Å². The van der Waals surface area contributed by atoms with Crippen LogP contribution in [0.5, 0.6) is 0 Å². The van der Waals surface area contributed by atoms with E-state index in [1.165, 1.54) is 6.07 Å². The minimum atomic E-state index is -0.484. The van der Waals surface area contributed by atoms with Crippen LogP contribution in [0.25, 0.3) is 22.7 Å². The number of furan rings is 1. The second-order valence-electron chi connectivity index (χ2n) is 7.99. The Morgan fingerprint density at radius 2 is 1.85 bits per heavy atom. The minimum Gasteiger partial charge on any atom is -0.459 e. The van der Waals surface area contributed by atoms with Crippen LogP contribution in [-0.4, -0.2) is 26.3 Å². The zero-order valence-corrected chi connectivity index (χ0v) is 19.3. The standard InChI is InChI=1S/C24H18Cl2N4O4/c25-15-3-1-14(2-4-15)23-27-20-9-10-29(13-19(20)24(31)28-23)12-17-6-8-22(34-17)18-7-5-16(26)11-21(18)30(32)33/h1-8,11H,9-10,12-13H2,(H,27,28,31). The van der Waals surface area contributed by atoms with E-state index in [-0.39, 0.29) is 16.3 Å². The van der Waals surface area contributed by atoms with Crippen molar-refractivity contribution in [2.75, 3.05) is 6.54 Å². The highest BCUT2D eigenvalue weighted by molar-refractivity contribution is 6.31. The maximum absolute atomic E-state index is 12.8. The van der Waals surface area contributed by atoms with Gasteiger partial charge in [0, 0.05) is 41.2 Å². The molecule has 0 amide bonds. The summed E-state index contributed by atoms with van der Waals surface area (Å²) in [5.74, 6) is 1.56. The zero-order valence-electron chi connectivity index (χ0n) is 17.8. The molecule has 1 aliphatic heterocycles. The van der Waals surface area contributed by atoms with Gasteiger partial charge in [0.05, 0.1) is 28.3 Å². The van der Waals surface area contributed by atoms with Crippen LogP contribution in [0.4, 0.5) is 5.69 Å². The van der Waals surface area contributed by atoms with Gasteiger partial charge in [0.2, 0.25) is 0 Å². The first-order valence-corrected chi connectivity index (χ1v) is 11.3. The third-order valence-corrected chi connectivity index (χ3v) is 6.22. The van der Waals surface area contributed by atoms with Gasteiger partial charge in [-0.2, -0.15) is 0 Å². The summed E-state index contributed by atoms with van der Waals surface area (Å²) in [6.45, 7) is 1.58. The molecule has 0 unspecified atom stereocenters. The molecular formula is C24H18Cl2N4O4. The smallest absolute Gasteiger partial charge is 0.281 e. The molecule has 3 heterocycles. The summed E-state index contributed by atoms with van der Waals surface area (Å²) in [6, 6.07) is 15.1. The van der Waals surface area contributed by atoms with E-state index in [1.54, 1.807) is 36.4 Å². The third-order valence-electron chi connectivity index (χ3n) is 5.73. The average Bonchev–Trinajstić information content (AvgIpc) is 3.28. The number of benzene rings is 2. The normalized spacial score (nSPS) is 13.6. The van der Waals surface area contributed by atoms with E-state index >= 15 is 0 Å². The van der Waals surface area contributed by atoms with Crippen LogP contribution in [0, 0.1) is 10.1 Å². The maximum atomic E-state index is 12.8. The Hall–Kier alpha value is -3.46. The van der Waals surface area contributed by atoms with Crippen molar-refractivity contribution >= 4 is 28.9 Å². The second-order valence-corrected chi connectivity index (χ2v) is 8.86. The first kappa shape index (κ1) is 22.3. The van der Waals surface area contributed by atoms with E-state index in [4.69, 9.17) is 27.6 Å². The van der Waals surface area contributed by atoms with E-state index in [9.17, 15) is 14.9 Å². The largest absolute Gasteiger partial charge is 0.459 e. The molecule has 8 nitrogen and oxygen atoms in total. The molecule has 10 heteroatoms. The molecule has 0 radical (unpaired) electrons. The highest BCUT2D eigenvalue weighted by Crippen LogP contribution is 2.33. The molecule has 0 bridgehead atoms. The van der Waals surface area contributed by atoms with Gasteiger partial charge < -0.3 is 9.40 Å². The fourth-order valence-electron chi connectivity index (χ4n) is 4.05. The number of fused-ring (bicyclic) bond motifs is 1. The Labute approximate surface area is 203 Å². The molecule has 2 aromatic heterocycles. The van der Waals surface area contributed by atoms with Gasteiger partial charge in [-0.3, -0.25) is 19.8 Å². The molecule has 4 aromatic rings. The predicted molar refractivity (Wildman–Crippen MR) is 129 cm³/mol. The molecule has 0 saturated heterocycles. The van der Waals surface area contributed by atoms with Gasteiger partial charge in [0.1, 0.15) is 17.3 Å². The summed E-state index contributed by atoms with van der Waals surface area (Å²) in [5.41, 5.74) is 2.28. The lowest BCUT2D eigenvalue weighted by molar-refractivity contribution is -0.384. The molecule has 0 spiro atoms. The number of halogens is 2. The summed E-state index contributed by atoms with van der Waals surface area (Å²) in [4.78, 5) is 33.3. The van der Waals surface area contributed by atoms with Gasteiger partial charge in [-0.15, -0.1) is 0 Å². The van der Waals surface area contributed by atoms with E-state index in [0.29, 0.717) is 59.5 Å². The van der Waals surface area contributed by atoms with Crippen LogP contribution in [0.15, 0.2) is 63.8 Å². The summed E-state index contributed by atoms with van der Waals surface area (Å²) in [5, 5.41) is 12.3. The van der Waals surface area contributed by atoms with Crippen molar-refractivity contribution in [1.29, 1.82) is 0 Å². The highest BCUT2D eigenvalue weighted by atomic mass is 35.5. The Bertz CT molecular complexity index is 1450. The van der Waals surface area contributed by atoms with Crippen molar-refractivity contribution in [3.8, 4) is 22.7 Å². The topological polar surface area (TPSA) is 105 Å². The summed E-state index contributed by atoms with van der Waals surface area (Å²) >= 11 is 11.9. The summed E-state index contributed by atoms with van der Waals surface area (Å²) in [7, 11) is 0.